The van der Waals surface area contributed by atoms with Crippen molar-refractivity contribution in [3.63, 3.8) is 0 Å². The van der Waals surface area contributed by atoms with Crippen molar-refractivity contribution >= 4 is 11.3 Å². The lowest BCUT2D eigenvalue weighted by Crippen LogP contribution is -2.01. The van der Waals surface area contributed by atoms with Gasteiger partial charge in [0.2, 0.25) is 0 Å². The fraction of sp³-hybridized carbons (Fsp3) is 0.176. The number of nitrogens with one attached hydrogen (secondary N) is 1. The van der Waals surface area contributed by atoms with Gasteiger partial charge in [-0.15, -0.1) is 21.5 Å². The first-order valence-corrected chi connectivity index (χ1v) is 8.61. The van der Waals surface area contributed by atoms with E-state index >= 15 is 0 Å². The van der Waals surface area contributed by atoms with Crippen molar-refractivity contribution in [1.29, 1.82) is 0 Å². The molecule has 1 aromatic carbocycles. The molecule has 7 heteroatoms. The summed E-state index contributed by atoms with van der Waals surface area (Å²) in [5.41, 5.74) is 1.24. The molecule has 0 unspecified atom stereocenters. The molecule has 0 radical (unpaired) electrons. The van der Waals surface area contributed by atoms with E-state index in [1.54, 1.807) is 11.3 Å². The standard InChI is InChI=1S/C17H16N6S/c1-2-5-13(6-3-1)14-8-9-15(24-14)17-18-10-12-23(17)11-4-7-16-19-21-22-20-16/h1-3,5-6,8-10,12H,4,7,11H2,(H,19,20,21,22). The molecular formula is C17H16N6S. The van der Waals surface area contributed by atoms with Gasteiger partial charge in [-0.1, -0.05) is 35.5 Å². The lowest BCUT2D eigenvalue weighted by molar-refractivity contribution is 0.634. The highest BCUT2D eigenvalue weighted by molar-refractivity contribution is 7.18. The Bertz CT molecular complexity index is 894. The van der Waals surface area contributed by atoms with Crippen molar-refractivity contribution in [3.05, 3.63) is 60.7 Å². The average Bonchev–Trinajstić information content (AvgIpc) is 3.37. The summed E-state index contributed by atoms with van der Waals surface area (Å²) in [6.45, 7) is 0.877. The first-order valence-electron chi connectivity index (χ1n) is 7.79. The molecule has 24 heavy (non-hydrogen) atoms. The molecule has 1 N–H and O–H groups in total. The van der Waals surface area contributed by atoms with Crippen LogP contribution in [0.3, 0.4) is 0 Å². The molecule has 0 saturated carbocycles. The third-order valence-corrected chi connectivity index (χ3v) is 4.92. The van der Waals surface area contributed by atoms with Gasteiger partial charge in [0.15, 0.2) is 5.82 Å². The van der Waals surface area contributed by atoms with E-state index in [4.69, 9.17) is 0 Å². The van der Waals surface area contributed by atoms with Crippen LogP contribution in [0, 0.1) is 0 Å². The van der Waals surface area contributed by atoms with Crippen LogP contribution in [0.15, 0.2) is 54.9 Å². The predicted molar refractivity (Wildman–Crippen MR) is 93.5 cm³/mol. The van der Waals surface area contributed by atoms with Crippen LogP contribution in [0.1, 0.15) is 12.2 Å². The van der Waals surface area contributed by atoms with E-state index in [1.807, 2.05) is 18.5 Å². The molecule has 0 aliphatic heterocycles. The van der Waals surface area contributed by atoms with E-state index in [9.17, 15) is 0 Å². The number of tetrazole rings is 1. The summed E-state index contributed by atoms with van der Waals surface area (Å²) in [5, 5.41) is 14.0. The largest absolute Gasteiger partial charge is 0.330 e. The maximum Gasteiger partial charge on any atom is 0.174 e. The van der Waals surface area contributed by atoms with Gasteiger partial charge in [-0.05, 0) is 24.1 Å². The lowest BCUT2D eigenvalue weighted by atomic mass is 10.2. The van der Waals surface area contributed by atoms with Crippen molar-refractivity contribution in [2.45, 2.75) is 19.4 Å². The molecule has 4 rings (SSSR count). The molecule has 0 amide bonds. The van der Waals surface area contributed by atoms with Crippen LogP contribution in [0.5, 0.6) is 0 Å². The second-order valence-corrected chi connectivity index (χ2v) is 6.49. The number of rotatable bonds is 6. The lowest BCUT2D eigenvalue weighted by Gasteiger charge is -2.05. The minimum atomic E-state index is 0.749. The van der Waals surface area contributed by atoms with Crippen molar-refractivity contribution in [1.82, 2.24) is 30.2 Å². The zero-order chi connectivity index (χ0) is 16.2. The Hall–Kier alpha value is -2.80. The zero-order valence-electron chi connectivity index (χ0n) is 13.0. The number of aromatic amines is 1. The van der Waals surface area contributed by atoms with Gasteiger partial charge in [0.05, 0.1) is 4.88 Å². The van der Waals surface area contributed by atoms with Crippen molar-refractivity contribution < 1.29 is 0 Å². The Morgan fingerprint density at radius 2 is 1.92 bits per heavy atom. The highest BCUT2D eigenvalue weighted by Crippen LogP contribution is 2.33. The monoisotopic (exact) mass is 336 g/mol. The van der Waals surface area contributed by atoms with E-state index in [0.717, 1.165) is 31.0 Å². The number of hydrogen-bond acceptors (Lipinski definition) is 5. The molecule has 0 aliphatic carbocycles. The summed E-state index contributed by atoms with van der Waals surface area (Å²) >= 11 is 1.77. The minimum absolute atomic E-state index is 0.749. The number of thiophene rings is 1. The Balaban J connectivity index is 1.49. The third-order valence-electron chi connectivity index (χ3n) is 3.79. The molecule has 3 heterocycles. The average molecular weight is 336 g/mol. The van der Waals surface area contributed by atoms with Crippen LogP contribution in [0.2, 0.25) is 0 Å². The molecule has 0 atom stereocenters. The molecule has 0 saturated heterocycles. The molecule has 0 aliphatic rings. The van der Waals surface area contributed by atoms with Crippen LogP contribution in [0.4, 0.5) is 0 Å². The van der Waals surface area contributed by atoms with Gasteiger partial charge in [0.25, 0.3) is 0 Å². The zero-order valence-corrected chi connectivity index (χ0v) is 13.8. The van der Waals surface area contributed by atoms with E-state index in [-0.39, 0.29) is 0 Å². The van der Waals surface area contributed by atoms with Gasteiger partial charge in [0.1, 0.15) is 5.82 Å². The summed E-state index contributed by atoms with van der Waals surface area (Å²) in [6.07, 6.45) is 5.62. The van der Waals surface area contributed by atoms with E-state index < -0.39 is 0 Å². The highest BCUT2D eigenvalue weighted by Gasteiger charge is 2.10. The quantitative estimate of drug-likeness (QED) is 0.585. The smallest absolute Gasteiger partial charge is 0.174 e. The number of imidazole rings is 1. The molecule has 6 nitrogen and oxygen atoms in total. The van der Waals surface area contributed by atoms with Gasteiger partial charge in [-0.25, -0.2) is 4.98 Å². The van der Waals surface area contributed by atoms with Crippen molar-refractivity contribution in [2.24, 2.45) is 0 Å². The molecular weight excluding hydrogens is 320 g/mol. The Morgan fingerprint density at radius 3 is 2.75 bits per heavy atom. The summed E-state index contributed by atoms with van der Waals surface area (Å²) in [4.78, 5) is 6.97. The van der Waals surface area contributed by atoms with Gasteiger partial charge in [0, 0.05) is 30.2 Å². The number of aryl methyl sites for hydroxylation is 2. The van der Waals surface area contributed by atoms with Crippen LogP contribution < -0.4 is 0 Å². The normalized spacial score (nSPS) is 11.0. The SMILES string of the molecule is c1ccc(-c2ccc(-c3nccn3CCCc3nn[nH]n3)s2)cc1. The maximum absolute atomic E-state index is 4.53. The number of H-pyrrole nitrogens is 1. The first kappa shape index (κ1) is 14.8. The topological polar surface area (TPSA) is 72.3 Å². The number of aromatic nitrogens is 6. The van der Waals surface area contributed by atoms with E-state index in [1.165, 1.54) is 15.3 Å². The Kier molecular flexibility index (Phi) is 4.16. The van der Waals surface area contributed by atoms with Gasteiger partial charge >= 0.3 is 0 Å². The Labute approximate surface area is 143 Å². The van der Waals surface area contributed by atoms with E-state index in [0.29, 0.717) is 0 Å². The number of nitrogens with zero attached hydrogens (tertiary/aromatic N) is 5. The first-order chi connectivity index (χ1) is 11.9. The third kappa shape index (κ3) is 3.11. The summed E-state index contributed by atoms with van der Waals surface area (Å²) in [5.74, 6) is 1.76. The summed E-state index contributed by atoms with van der Waals surface area (Å²) in [6, 6.07) is 14.7. The summed E-state index contributed by atoms with van der Waals surface area (Å²) < 4.78 is 2.18. The molecule has 120 valence electrons. The van der Waals surface area contributed by atoms with Crippen LogP contribution in [-0.4, -0.2) is 30.2 Å². The molecule has 3 aromatic heterocycles. The Morgan fingerprint density at radius 1 is 1.04 bits per heavy atom. The van der Waals surface area contributed by atoms with Crippen molar-refractivity contribution in [3.8, 4) is 21.1 Å². The number of hydrogen-bond donors (Lipinski definition) is 1. The highest BCUT2D eigenvalue weighted by atomic mass is 32.1. The fourth-order valence-corrected chi connectivity index (χ4v) is 3.65. The fourth-order valence-electron chi connectivity index (χ4n) is 2.63. The second kappa shape index (κ2) is 6.76. The molecule has 0 fully saturated rings. The maximum atomic E-state index is 4.53. The van der Waals surface area contributed by atoms with Gasteiger partial charge in [-0.3, -0.25) is 0 Å². The van der Waals surface area contributed by atoms with Crippen LogP contribution in [-0.2, 0) is 13.0 Å². The van der Waals surface area contributed by atoms with Crippen molar-refractivity contribution in [2.75, 3.05) is 0 Å². The summed E-state index contributed by atoms with van der Waals surface area (Å²) in [7, 11) is 0. The molecule has 0 spiro atoms. The second-order valence-electron chi connectivity index (χ2n) is 5.41. The minimum Gasteiger partial charge on any atom is -0.330 e. The predicted octanol–water partition coefficient (Wildman–Crippen LogP) is 3.42. The van der Waals surface area contributed by atoms with Crippen LogP contribution >= 0.6 is 11.3 Å². The number of benzene rings is 1. The van der Waals surface area contributed by atoms with Gasteiger partial charge in [-0.2, -0.15) is 5.21 Å². The van der Waals surface area contributed by atoms with Crippen LogP contribution in [0.25, 0.3) is 21.1 Å². The molecule has 0 bridgehead atoms. The van der Waals surface area contributed by atoms with E-state index in [2.05, 4.69) is 66.6 Å². The van der Waals surface area contributed by atoms with Gasteiger partial charge < -0.3 is 4.57 Å². The molecule has 4 aromatic rings.